The lowest BCUT2D eigenvalue weighted by Crippen LogP contribution is -2.39. The smallest absolute Gasteiger partial charge is 0.123 e. The first kappa shape index (κ1) is 19.0. The van der Waals surface area contributed by atoms with E-state index in [9.17, 15) is 8.78 Å². The van der Waals surface area contributed by atoms with Gasteiger partial charge in [0.2, 0.25) is 0 Å². The summed E-state index contributed by atoms with van der Waals surface area (Å²) in [6.07, 6.45) is 0. The molecule has 2 N–H and O–H groups in total. The minimum atomic E-state index is -0.255. The van der Waals surface area contributed by atoms with Gasteiger partial charge in [-0.25, -0.2) is 19.6 Å². The van der Waals surface area contributed by atoms with Crippen LogP contribution in [0.1, 0.15) is 28.8 Å². The third kappa shape index (κ3) is 3.42. The van der Waals surface area contributed by atoms with Gasteiger partial charge in [0.1, 0.15) is 17.4 Å². The molecule has 154 valence electrons. The number of hydrogen-bond acceptors (Lipinski definition) is 4. The van der Waals surface area contributed by atoms with Crippen molar-refractivity contribution in [3.8, 4) is 5.75 Å². The van der Waals surface area contributed by atoms with Crippen LogP contribution in [0.4, 0.5) is 14.5 Å². The molecule has 2 aliphatic rings. The first-order valence-electron chi connectivity index (χ1n) is 10.1. The zero-order valence-electron chi connectivity index (χ0n) is 16.6. The molecule has 0 bridgehead atoms. The lowest BCUT2D eigenvalue weighted by atomic mass is 9.82. The highest BCUT2D eigenvalue weighted by molar-refractivity contribution is 5.59. The van der Waals surface area contributed by atoms with Gasteiger partial charge in [-0.15, -0.1) is 0 Å². The topological polar surface area (TPSA) is 36.5 Å². The number of nitrogens with zero attached hydrogens (tertiary/aromatic N) is 1. The van der Waals surface area contributed by atoms with Gasteiger partial charge in [-0.3, -0.25) is 0 Å². The van der Waals surface area contributed by atoms with Crippen molar-refractivity contribution in [1.29, 1.82) is 0 Å². The third-order valence-electron chi connectivity index (χ3n) is 6.08. The quantitative estimate of drug-likeness (QED) is 0.668. The predicted octanol–water partition coefficient (Wildman–Crippen LogP) is 4.50. The molecule has 0 amide bonds. The largest absolute Gasteiger partial charge is 0.497 e. The summed E-state index contributed by atoms with van der Waals surface area (Å²) in [6, 6.07) is 19.6. The Morgan fingerprint density at radius 1 is 0.933 bits per heavy atom. The molecule has 30 heavy (non-hydrogen) atoms. The van der Waals surface area contributed by atoms with E-state index in [-0.39, 0.29) is 29.6 Å². The van der Waals surface area contributed by atoms with E-state index in [1.165, 1.54) is 12.1 Å². The molecule has 2 heterocycles. The van der Waals surface area contributed by atoms with Gasteiger partial charge in [0.25, 0.3) is 0 Å². The molecule has 0 spiro atoms. The van der Waals surface area contributed by atoms with Crippen LogP contribution in [0.2, 0.25) is 0 Å². The van der Waals surface area contributed by atoms with E-state index < -0.39 is 0 Å². The molecular weight excluding hydrogens is 384 g/mol. The molecule has 0 saturated carbocycles. The Hall–Kier alpha value is -2.96. The maximum atomic E-state index is 14.1. The van der Waals surface area contributed by atoms with Gasteiger partial charge in [-0.05, 0) is 59.2 Å². The van der Waals surface area contributed by atoms with E-state index in [2.05, 4.69) is 27.9 Å². The molecule has 4 nitrogen and oxygen atoms in total. The van der Waals surface area contributed by atoms with Crippen LogP contribution in [0.25, 0.3) is 0 Å². The number of nitrogens with one attached hydrogen (secondary N) is 2. The van der Waals surface area contributed by atoms with E-state index >= 15 is 0 Å². The van der Waals surface area contributed by atoms with Gasteiger partial charge < -0.3 is 9.64 Å². The molecule has 3 unspecified atom stereocenters. The monoisotopic (exact) mass is 407 g/mol. The highest BCUT2D eigenvalue weighted by atomic mass is 19.1. The molecule has 1 saturated heterocycles. The van der Waals surface area contributed by atoms with Crippen LogP contribution in [-0.4, -0.2) is 13.7 Å². The fraction of sp³-hybridized carbons (Fsp3) is 0.250. The normalized spacial score (nSPS) is 22.5. The summed E-state index contributed by atoms with van der Waals surface area (Å²) in [5.41, 5.74) is 10.7. The van der Waals surface area contributed by atoms with E-state index in [1.54, 1.807) is 25.3 Å². The minimum absolute atomic E-state index is 0.00781. The summed E-state index contributed by atoms with van der Waals surface area (Å²) in [4.78, 5) is 2.22. The Morgan fingerprint density at radius 2 is 1.70 bits per heavy atom. The SMILES string of the molecule is COc1ccc(C2NNC3c4cc(F)ccc4N(Cc4cccc(F)c4)CC23)cc1. The van der Waals surface area contributed by atoms with Crippen molar-refractivity contribution in [3.63, 3.8) is 0 Å². The van der Waals surface area contributed by atoms with Crippen molar-refractivity contribution < 1.29 is 13.5 Å². The number of ether oxygens (including phenoxy) is 1. The summed E-state index contributed by atoms with van der Waals surface area (Å²) in [5.74, 6) is 0.489. The second kappa shape index (κ2) is 7.70. The predicted molar refractivity (Wildman–Crippen MR) is 112 cm³/mol. The number of hydrogen-bond donors (Lipinski definition) is 2. The Labute approximate surface area is 174 Å². The maximum Gasteiger partial charge on any atom is 0.123 e. The van der Waals surface area contributed by atoms with Crippen LogP contribution in [0.5, 0.6) is 5.75 Å². The van der Waals surface area contributed by atoms with Gasteiger partial charge in [-0.2, -0.15) is 0 Å². The number of anilines is 1. The zero-order chi connectivity index (χ0) is 20.7. The second-order valence-electron chi connectivity index (χ2n) is 7.89. The maximum absolute atomic E-state index is 14.1. The average molecular weight is 407 g/mol. The summed E-state index contributed by atoms with van der Waals surface area (Å²) in [6.45, 7) is 1.32. The molecule has 1 fully saturated rings. The van der Waals surface area contributed by atoms with E-state index in [4.69, 9.17) is 4.74 Å². The number of fused-ring (bicyclic) bond motifs is 3. The van der Waals surface area contributed by atoms with Crippen molar-refractivity contribution >= 4 is 5.69 Å². The summed E-state index contributed by atoms with van der Waals surface area (Å²) in [7, 11) is 1.65. The van der Waals surface area contributed by atoms with Crippen molar-refractivity contribution in [2.45, 2.75) is 18.6 Å². The molecule has 0 aromatic heterocycles. The van der Waals surface area contributed by atoms with Crippen molar-refractivity contribution in [3.05, 3.63) is 95.1 Å². The van der Waals surface area contributed by atoms with Gasteiger partial charge in [0.15, 0.2) is 0 Å². The molecule has 5 rings (SSSR count). The molecule has 3 aromatic carbocycles. The van der Waals surface area contributed by atoms with Crippen LogP contribution in [-0.2, 0) is 6.54 Å². The molecule has 0 aliphatic carbocycles. The van der Waals surface area contributed by atoms with Gasteiger partial charge in [-0.1, -0.05) is 24.3 Å². The van der Waals surface area contributed by atoms with Crippen molar-refractivity contribution in [2.24, 2.45) is 5.92 Å². The van der Waals surface area contributed by atoms with Crippen molar-refractivity contribution in [1.82, 2.24) is 10.9 Å². The molecule has 3 atom stereocenters. The van der Waals surface area contributed by atoms with Crippen LogP contribution < -0.4 is 20.5 Å². The van der Waals surface area contributed by atoms with Gasteiger partial charge in [0.05, 0.1) is 19.2 Å². The van der Waals surface area contributed by atoms with E-state index in [1.807, 2.05) is 24.3 Å². The second-order valence-corrected chi connectivity index (χ2v) is 7.89. The van der Waals surface area contributed by atoms with E-state index in [0.717, 1.165) is 34.7 Å². The Kier molecular flexibility index (Phi) is 4.89. The first-order chi connectivity index (χ1) is 14.6. The third-order valence-corrected chi connectivity index (χ3v) is 6.08. The average Bonchev–Trinajstić information content (AvgIpc) is 3.18. The Balaban J connectivity index is 1.50. The minimum Gasteiger partial charge on any atom is -0.497 e. The van der Waals surface area contributed by atoms with E-state index in [0.29, 0.717) is 6.54 Å². The summed E-state index contributed by atoms with van der Waals surface area (Å²) in [5, 5.41) is 0. The van der Waals surface area contributed by atoms with Crippen LogP contribution in [0, 0.1) is 17.6 Å². The molecule has 6 heteroatoms. The van der Waals surface area contributed by atoms with Crippen LogP contribution in [0.3, 0.4) is 0 Å². The first-order valence-corrected chi connectivity index (χ1v) is 10.1. The Morgan fingerprint density at radius 3 is 2.47 bits per heavy atom. The van der Waals surface area contributed by atoms with Gasteiger partial charge >= 0.3 is 0 Å². The molecule has 0 radical (unpaired) electrons. The Bertz CT molecular complexity index is 1060. The lowest BCUT2D eigenvalue weighted by Gasteiger charge is -2.39. The number of halogens is 2. The fourth-order valence-electron chi connectivity index (χ4n) is 4.67. The molecule has 3 aromatic rings. The number of rotatable bonds is 4. The fourth-order valence-corrected chi connectivity index (χ4v) is 4.67. The van der Waals surface area contributed by atoms with Crippen molar-refractivity contribution in [2.75, 3.05) is 18.6 Å². The molecular formula is C24H23F2N3O. The summed E-state index contributed by atoms with van der Waals surface area (Å²) < 4.78 is 33.1. The summed E-state index contributed by atoms with van der Waals surface area (Å²) >= 11 is 0. The number of benzene rings is 3. The lowest BCUT2D eigenvalue weighted by molar-refractivity contribution is 0.398. The number of hydrazine groups is 1. The van der Waals surface area contributed by atoms with Gasteiger partial charge in [0, 0.05) is 24.7 Å². The highest BCUT2D eigenvalue weighted by Crippen LogP contribution is 2.45. The van der Waals surface area contributed by atoms with Crippen LogP contribution in [0.15, 0.2) is 66.7 Å². The standard InChI is InChI=1S/C24H23F2N3O/c1-30-19-8-5-16(6-9-19)23-21-14-29(13-15-3-2-4-17(25)11-15)22-10-7-18(26)12-20(22)24(21)28-27-23/h2-12,21,23-24,27-28H,13-14H2,1H3. The number of methoxy groups -OCH3 is 1. The highest BCUT2D eigenvalue weighted by Gasteiger charge is 2.43. The molecule has 2 aliphatic heterocycles. The zero-order valence-corrected chi connectivity index (χ0v) is 16.6. The van der Waals surface area contributed by atoms with Crippen LogP contribution >= 0.6 is 0 Å².